The van der Waals surface area contributed by atoms with Crippen LogP contribution in [0.25, 0.3) is 0 Å². The number of halogens is 1. The topological polar surface area (TPSA) is 60.2 Å². The summed E-state index contributed by atoms with van der Waals surface area (Å²) in [6.07, 6.45) is 1.65. The molecular weight excluding hydrogens is 331 g/mol. The van der Waals surface area contributed by atoms with Gasteiger partial charge in [-0.25, -0.2) is 9.37 Å². The molecule has 1 amide bonds. The lowest BCUT2D eigenvalue weighted by Gasteiger charge is -2.29. The SMILES string of the molecule is CC(=O)N1C[C@H]2CN(c3cc(C#N)ccn3)C[C@H]2[C@@H]1c1cccc(F)c1. The van der Waals surface area contributed by atoms with Gasteiger partial charge in [0.15, 0.2) is 0 Å². The van der Waals surface area contributed by atoms with Crippen molar-refractivity contribution in [1.82, 2.24) is 9.88 Å². The minimum absolute atomic E-state index is 0.0183. The first-order valence-electron chi connectivity index (χ1n) is 8.70. The molecule has 2 aliphatic heterocycles. The first-order chi connectivity index (χ1) is 12.6. The molecule has 2 saturated heterocycles. The van der Waals surface area contributed by atoms with E-state index in [0.29, 0.717) is 18.0 Å². The van der Waals surface area contributed by atoms with E-state index < -0.39 is 0 Å². The van der Waals surface area contributed by atoms with Crippen LogP contribution in [0.2, 0.25) is 0 Å². The van der Waals surface area contributed by atoms with Crippen LogP contribution in [0.4, 0.5) is 10.2 Å². The second kappa shape index (κ2) is 6.41. The number of likely N-dealkylation sites (tertiary alicyclic amines) is 1. The van der Waals surface area contributed by atoms with Crippen molar-refractivity contribution in [2.45, 2.75) is 13.0 Å². The molecule has 3 heterocycles. The quantitative estimate of drug-likeness (QED) is 0.836. The summed E-state index contributed by atoms with van der Waals surface area (Å²) in [5.74, 6) is 1.04. The Morgan fingerprint density at radius 2 is 2.12 bits per heavy atom. The Hall–Kier alpha value is -2.94. The van der Waals surface area contributed by atoms with Crippen LogP contribution in [-0.2, 0) is 4.79 Å². The molecule has 1 aromatic carbocycles. The zero-order valence-electron chi connectivity index (χ0n) is 14.5. The summed E-state index contributed by atoms with van der Waals surface area (Å²) in [5.41, 5.74) is 1.42. The second-order valence-electron chi connectivity index (χ2n) is 7.01. The maximum absolute atomic E-state index is 13.8. The summed E-state index contributed by atoms with van der Waals surface area (Å²) in [5, 5.41) is 9.10. The van der Waals surface area contributed by atoms with E-state index in [9.17, 15) is 9.18 Å². The molecule has 3 atom stereocenters. The maximum atomic E-state index is 13.8. The molecule has 0 spiro atoms. The largest absolute Gasteiger partial charge is 0.356 e. The van der Waals surface area contributed by atoms with E-state index in [1.165, 1.54) is 12.1 Å². The number of carbonyl (C=O) groups excluding carboxylic acids is 1. The minimum Gasteiger partial charge on any atom is -0.356 e. The summed E-state index contributed by atoms with van der Waals surface area (Å²) in [6, 6.07) is 12.0. The molecule has 0 bridgehead atoms. The fourth-order valence-electron chi connectivity index (χ4n) is 4.33. The van der Waals surface area contributed by atoms with Gasteiger partial charge in [0.1, 0.15) is 11.6 Å². The average molecular weight is 350 g/mol. The van der Waals surface area contributed by atoms with E-state index in [2.05, 4.69) is 16.0 Å². The van der Waals surface area contributed by atoms with E-state index >= 15 is 0 Å². The van der Waals surface area contributed by atoms with Gasteiger partial charge >= 0.3 is 0 Å². The highest BCUT2D eigenvalue weighted by molar-refractivity contribution is 5.74. The van der Waals surface area contributed by atoms with Gasteiger partial charge in [-0.05, 0) is 29.8 Å². The third kappa shape index (κ3) is 2.80. The highest BCUT2D eigenvalue weighted by Gasteiger charge is 2.48. The van der Waals surface area contributed by atoms with Crippen LogP contribution in [0, 0.1) is 29.0 Å². The number of fused-ring (bicyclic) bond motifs is 1. The van der Waals surface area contributed by atoms with Crippen molar-refractivity contribution in [1.29, 1.82) is 5.26 Å². The van der Waals surface area contributed by atoms with Crippen molar-refractivity contribution in [3.8, 4) is 6.07 Å². The van der Waals surface area contributed by atoms with Crippen molar-refractivity contribution in [2.75, 3.05) is 24.5 Å². The van der Waals surface area contributed by atoms with Gasteiger partial charge in [0.05, 0.1) is 17.7 Å². The van der Waals surface area contributed by atoms with Crippen molar-refractivity contribution >= 4 is 11.7 Å². The summed E-state index contributed by atoms with van der Waals surface area (Å²) < 4.78 is 13.8. The molecule has 0 N–H and O–H groups in total. The molecule has 0 radical (unpaired) electrons. The molecule has 26 heavy (non-hydrogen) atoms. The predicted octanol–water partition coefficient (Wildman–Crippen LogP) is 2.75. The van der Waals surface area contributed by atoms with Gasteiger partial charge < -0.3 is 9.80 Å². The van der Waals surface area contributed by atoms with E-state index in [-0.39, 0.29) is 23.7 Å². The monoisotopic (exact) mass is 350 g/mol. The molecule has 6 heteroatoms. The standard InChI is InChI=1S/C20H19FN4O/c1-13(26)25-11-16-10-24(19-7-14(9-22)5-6-23-19)12-18(16)20(25)15-3-2-4-17(21)8-15/h2-8,16,18,20H,10-12H2,1H3/t16-,18-,20+/m1/s1. The second-order valence-corrected chi connectivity index (χ2v) is 7.01. The van der Waals surface area contributed by atoms with Gasteiger partial charge in [-0.2, -0.15) is 5.26 Å². The van der Waals surface area contributed by atoms with E-state index in [0.717, 1.165) is 24.5 Å². The van der Waals surface area contributed by atoms with E-state index in [1.54, 1.807) is 31.3 Å². The first kappa shape index (κ1) is 16.5. The van der Waals surface area contributed by atoms with Crippen molar-refractivity contribution in [3.63, 3.8) is 0 Å². The molecule has 2 fully saturated rings. The Morgan fingerprint density at radius 3 is 2.85 bits per heavy atom. The summed E-state index contributed by atoms with van der Waals surface area (Å²) >= 11 is 0. The summed E-state index contributed by atoms with van der Waals surface area (Å²) in [7, 11) is 0. The van der Waals surface area contributed by atoms with Crippen LogP contribution < -0.4 is 4.90 Å². The number of benzene rings is 1. The van der Waals surface area contributed by atoms with Gasteiger partial charge in [0, 0.05) is 44.6 Å². The highest BCUT2D eigenvalue weighted by atomic mass is 19.1. The third-order valence-corrected chi connectivity index (χ3v) is 5.46. The predicted molar refractivity (Wildman–Crippen MR) is 94.7 cm³/mol. The number of pyridine rings is 1. The lowest BCUT2D eigenvalue weighted by Crippen LogP contribution is -2.34. The Morgan fingerprint density at radius 1 is 1.27 bits per heavy atom. The Labute approximate surface area is 151 Å². The minimum atomic E-state index is -0.285. The van der Waals surface area contributed by atoms with Gasteiger partial charge in [-0.15, -0.1) is 0 Å². The molecular formula is C20H19FN4O. The number of nitriles is 1. The molecule has 0 saturated carbocycles. The average Bonchev–Trinajstić information content (AvgIpc) is 3.19. The number of hydrogen-bond acceptors (Lipinski definition) is 4. The molecule has 5 nitrogen and oxygen atoms in total. The van der Waals surface area contributed by atoms with Crippen LogP contribution in [0.15, 0.2) is 42.6 Å². The van der Waals surface area contributed by atoms with Crippen LogP contribution in [0.5, 0.6) is 0 Å². The van der Waals surface area contributed by atoms with Crippen molar-refractivity contribution < 1.29 is 9.18 Å². The number of anilines is 1. The molecule has 1 aromatic heterocycles. The molecule has 2 aliphatic rings. The third-order valence-electron chi connectivity index (χ3n) is 5.46. The Kier molecular flexibility index (Phi) is 4.08. The molecule has 0 aliphatic carbocycles. The summed E-state index contributed by atoms with van der Waals surface area (Å²) in [4.78, 5) is 20.6. The van der Waals surface area contributed by atoms with Crippen LogP contribution in [0.3, 0.4) is 0 Å². The number of nitrogens with zero attached hydrogens (tertiary/aromatic N) is 4. The lowest BCUT2D eigenvalue weighted by atomic mass is 9.89. The fraction of sp³-hybridized carbons (Fsp3) is 0.350. The normalized spacial score (nSPS) is 24.4. The highest BCUT2D eigenvalue weighted by Crippen LogP contribution is 2.45. The zero-order chi connectivity index (χ0) is 18.3. The lowest BCUT2D eigenvalue weighted by molar-refractivity contribution is -0.130. The van der Waals surface area contributed by atoms with Crippen LogP contribution >= 0.6 is 0 Å². The van der Waals surface area contributed by atoms with Gasteiger partial charge in [-0.3, -0.25) is 4.79 Å². The number of aromatic nitrogens is 1. The van der Waals surface area contributed by atoms with E-state index in [1.807, 2.05) is 11.0 Å². The fourth-order valence-corrected chi connectivity index (χ4v) is 4.33. The number of rotatable bonds is 2. The number of amides is 1. The zero-order valence-corrected chi connectivity index (χ0v) is 14.5. The van der Waals surface area contributed by atoms with Gasteiger partial charge in [0.25, 0.3) is 0 Å². The number of carbonyl (C=O) groups is 1. The van der Waals surface area contributed by atoms with Gasteiger partial charge in [-0.1, -0.05) is 12.1 Å². The molecule has 2 aromatic rings. The van der Waals surface area contributed by atoms with Crippen LogP contribution in [0.1, 0.15) is 24.1 Å². The van der Waals surface area contributed by atoms with Crippen molar-refractivity contribution in [3.05, 3.63) is 59.5 Å². The number of hydrogen-bond donors (Lipinski definition) is 0. The first-order valence-corrected chi connectivity index (χ1v) is 8.70. The smallest absolute Gasteiger partial charge is 0.219 e. The Balaban J connectivity index is 1.64. The Bertz CT molecular complexity index is 893. The molecule has 132 valence electrons. The van der Waals surface area contributed by atoms with Crippen molar-refractivity contribution in [2.24, 2.45) is 11.8 Å². The van der Waals surface area contributed by atoms with Crippen LogP contribution in [-0.4, -0.2) is 35.4 Å². The molecule has 4 rings (SSSR count). The maximum Gasteiger partial charge on any atom is 0.219 e. The van der Waals surface area contributed by atoms with E-state index in [4.69, 9.17) is 5.26 Å². The summed E-state index contributed by atoms with van der Waals surface area (Å²) in [6.45, 7) is 3.75. The van der Waals surface area contributed by atoms with Gasteiger partial charge in [0.2, 0.25) is 5.91 Å². The molecule has 0 unspecified atom stereocenters.